The van der Waals surface area contributed by atoms with Crippen molar-refractivity contribution in [3.05, 3.63) is 46.8 Å². The van der Waals surface area contributed by atoms with E-state index in [1.54, 1.807) is 0 Å². The molecule has 0 unspecified atom stereocenters. The van der Waals surface area contributed by atoms with Crippen LogP contribution in [0, 0.1) is 0 Å². The number of aromatic nitrogens is 1. The number of nitrogens with zero attached hydrogens (tertiary/aromatic N) is 2. The first kappa shape index (κ1) is 17.6. The number of rotatable bonds is 4. The molecule has 0 bridgehead atoms. The summed E-state index contributed by atoms with van der Waals surface area (Å²) >= 11 is 1.43. The number of hydrogen-bond acceptors (Lipinski definition) is 5. The topological polar surface area (TPSA) is 62.0 Å². The molecule has 0 aliphatic carbocycles. The number of fused-ring (bicyclic) bond motifs is 2. The van der Waals surface area contributed by atoms with E-state index in [1.165, 1.54) is 16.9 Å². The first-order valence-electron chi connectivity index (χ1n) is 8.71. The summed E-state index contributed by atoms with van der Waals surface area (Å²) in [6.45, 7) is 4.41. The summed E-state index contributed by atoms with van der Waals surface area (Å²) in [5, 5.41) is 0. The molecule has 140 valence electrons. The Kier molecular flexibility index (Phi) is 4.61. The maximum Gasteiger partial charge on any atom is 0.286 e. The molecule has 0 radical (unpaired) electrons. The third kappa shape index (κ3) is 3.55. The number of benzene rings is 2. The Hall–Kier alpha value is -2.80. The van der Waals surface area contributed by atoms with Gasteiger partial charge >= 0.3 is 0 Å². The highest BCUT2D eigenvalue weighted by atomic mass is 32.1. The van der Waals surface area contributed by atoms with Gasteiger partial charge in [0, 0.05) is 19.2 Å². The Balaban J connectivity index is 1.51. The number of amides is 1. The smallest absolute Gasteiger partial charge is 0.286 e. The van der Waals surface area contributed by atoms with Gasteiger partial charge in [0.2, 0.25) is 6.79 Å². The van der Waals surface area contributed by atoms with Crippen LogP contribution >= 0.6 is 11.3 Å². The van der Waals surface area contributed by atoms with Crippen LogP contribution < -0.4 is 19.0 Å². The summed E-state index contributed by atoms with van der Waals surface area (Å²) in [6.07, 6.45) is 0. The Morgan fingerprint density at radius 1 is 1.22 bits per heavy atom. The van der Waals surface area contributed by atoms with Crippen molar-refractivity contribution in [3.8, 4) is 17.2 Å². The van der Waals surface area contributed by atoms with Crippen molar-refractivity contribution in [2.24, 2.45) is 12.0 Å². The van der Waals surface area contributed by atoms with E-state index in [1.807, 2.05) is 48.0 Å². The molecule has 27 heavy (non-hydrogen) atoms. The minimum Gasteiger partial charge on any atom is -0.484 e. The van der Waals surface area contributed by atoms with Gasteiger partial charge in [-0.05, 0) is 23.6 Å². The monoisotopic (exact) mass is 384 g/mol. The lowest BCUT2D eigenvalue weighted by molar-refractivity contribution is -0.120. The van der Waals surface area contributed by atoms with Gasteiger partial charge in [-0.1, -0.05) is 37.3 Å². The first-order valence-corrected chi connectivity index (χ1v) is 9.52. The van der Waals surface area contributed by atoms with Crippen LogP contribution in [0.4, 0.5) is 0 Å². The largest absolute Gasteiger partial charge is 0.484 e. The highest BCUT2D eigenvalue weighted by Gasteiger charge is 2.17. The average Bonchev–Trinajstić information content (AvgIpc) is 3.23. The maximum absolute atomic E-state index is 12.2. The molecule has 0 fully saturated rings. The minimum absolute atomic E-state index is 0.0992. The molecule has 6 nitrogen and oxygen atoms in total. The van der Waals surface area contributed by atoms with E-state index in [0.717, 1.165) is 16.0 Å². The molecule has 1 aliphatic rings. The van der Waals surface area contributed by atoms with Crippen molar-refractivity contribution in [1.82, 2.24) is 4.57 Å². The van der Waals surface area contributed by atoms with Gasteiger partial charge in [0.15, 0.2) is 22.9 Å². The molecular weight excluding hydrogens is 364 g/mol. The van der Waals surface area contributed by atoms with Gasteiger partial charge in [-0.25, -0.2) is 0 Å². The Morgan fingerprint density at radius 3 is 2.63 bits per heavy atom. The van der Waals surface area contributed by atoms with Gasteiger partial charge in [0.25, 0.3) is 5.91 Å². The Morgan fingerprint density at radius 2 is 1.93 bits per heavy atom. The van der Waals surface area contributed by atoms with E-state index in [9.17, 15) is 4.79 Å². The van der Waals surface area contributed by atoms with Crippen molar-refractivity contribution in [2.75, 3.05) is 13.4 Å². The third-order valence-electron chi connectivity index (χ3n) is 4.43. The Bertz CT molecular complexity index is 1060. The van der Waals surface area contributed by atoms with E-state index in [2.05, 4.69) is 18.8 Å². The predicted molar refractivity (Wildman–Crippen MR) is 104 cm³/mol. The van der Waals surface area contributed by atoms with Crippen LogP contribution in [0.15, 0.2) is 41.4 Å². The molecule has 0 N–H and O–H groups in total. The van der Waals surface area contributed by atoms with Crippen LogP contribution in [0.5, 0.6) is 17.2 Å². The van der Waals surface area contributed by atoms with E-state index < -0.39 is 0 Å². The SMILES string of the molecule is CC(C)c1ccc(OCC(=O)N=c2sc3cc4c(cc3n2C)OCO4)cc1. The summed E-state index contributed by atoms with van der Waals surface area (Å²) in [7, 11) is 1.87. The number of carbonyl (C=O) groups excluding carboxylic acids is 1. The van der Waals surface area contributed by atoms with E-state index in [4.69, 9.17) is 14.2 Å². The Labute approximate surface area is 160 Å². The van der Waals surface area contributed by atoms with Crippen LogP contribution in [-0.2, 0) is 11.8 Å². The number of ether oxygens (including phenoxy) is 3. The zero-order valence-corrected chi connectivity index (χ0v) is 16.2. The lowest BCUT2D eigenvalue weighted by Crippen LogP contribution is -2.17. The zero-order valence-electron chi connectivity index (χ0n) is 15.4. The summed E-state index contributed by atoms with van der Waals surface area (Å²) in [5.41, 5.74) is 2.18. The van der Waals surface area contributed by atoms with Crippen molar-refractivity contribution in [3.63, 3.8) is 0 Å². The number of thiazole rings is 1. The fourth-order valence-corrected chi connectivity index (χ4v) is 3.90. The van der Waals surface area contributed by atoms with Crippen molar-refractivity contribution in [1.29, 1.82) is 0 Å². The molecule has 0 saturated heterocycles. The van der Waals surface area contributed by atoms with Crippen LogP contribution in [0.2, 0.25) is 0 Å². The van der Waals surface area contributed by atoms with Gasteiger partial charge in [0.1, 0.15) is 5.75 Å². The second-order valence-electron chi connectivity index (χ2n) is 6.63. The van der Waals surface area contributed by atoms with Crippen molar-refractivity contribution in [2.45, 2.75) is 19.8 Å². The predicted octanol–water partition coefficient (Wildman–Crippen LogP) is 3.60. The number of hydrogen-bond donors (Lipinski definition) is 0. The average molecular weight is 384 g/mol. The second-order valence-corrected chi connectivity index (χ2v) is 7.64. The molecule has 3 aromatic rings. The maximum atomic E-state index is 12.2. The standard InChI is InChI=1S/C20H20N2O4S/c1-12(2)13-4-6-14(7-5-13)24-10-19(23)21-20-22(3)15-8-16-17(26-11-25-16)9-18(15)27-20/h4-9,12H,10-11H2,1-3H3. The minimum atomic E-state index is -0.329. The lowest BCUT2D eigenvalue weighted by Gasteiger charge is -2.07. The number of aryl methyl sites for hydroxylation is 1. The molecule has 0 atom stereocenters. The molecule has 4 rings (SSSR count). The number of carbonyl (C=O) groups is 1. The quantitative estimate of drug-likeness (QED) is 0.690. The molecule has 1 amide bonds. The van der Waals surface area contributed by atoms with Crippen molar-refractivity contribution >= 4 is 27.5 Å². The van der Waals surface area contributed by atoms with Gasteiger partial charge in [-0.2, -0.15) is 4.99 Å². The van der Waals surface area contributed by atoms with E-state index in [-0.39, 0.29) is 19.3 Å². The van der Waals surface area contributed by atoms with E-state index >= 15 is 0 Å². The van der Waals surface area contributed by atoms with Crippen LogP contribution in [-0.4, -0.2) is 23.9 Å². The van der Waals surface area contributed by atoms with Gasteiger partial charge in [-0.15, -0.1) is 0 Å². The van der Waals surface area contributed by atoms with Crippen LogP contribution in [0.3, 0.4) is 0 Å². The first-order chi connectivity index (χ1) is 13.0. The molecule has 1 aromatic heterocycles. The highest BCUT2D eigenvalue weighted by molar-refractivity contribution is 7.16. The van der Waals surface area contributed by atoms with Gasteiger partial charge in [0.05, 0.1) is 10.2 Å². The molecule has 2 heterocycles. The molecule has 1 aliphatic heterocycles. The lowest BCUT2D eigenvalue weighted by atomic mass is 10.0. The summed E-state index contributed by atoms with van der Waals surface area (Å²) in [6, 6.07) is 11.6. The molecular formula is C20H20N2O4S. The normalized spacial score (nSPS) is 13.6. The van der Waals surface area contributed by atoms with Crippen LogP contribution in [0.1, 0.15) is 25.3 Å². The zero-order chi connectivity index (χ0) is 19.0. The molecule has 2 aromatic carbocycles. The summed E-state index contributed by atoms with van der Waals surface area (Å²) in [4.78, 5) is 17.0. The van der Waals surface area contributed by atoms with Crippen LogP contribution in [0.25, 0.3) is 10.2 Å². The fourth-order valence-electron chi connectivity index (χ4n) is 2.86. The van der Waals surface area contributed by atoms with Crippen molar-refractivity contribution < 1.29 is 19.0 Å². The molecule has 7 heteroatoms. The fraction of sp³-hybridized carbons (Fsp3) is 0.300. The van der Waals surface area contributed by atoms with Gasteiger partial charge < -0.3 is 18.8 Å². The second kappa shape index (κ2) is 7.08. The van der Waals surface area contributed by atoms with E-state index in [0.29, 0.717) is 22.2 Å². The third-order valence-corrected chi connectivity index (χ3v) is 5.53. The molecule has 0 saturated carbocycles. The molecule has 0 spiro atoms. The summed E-state index contributed by atoms with van der Waals surface area (Å²) in [5.74, 6) is 2.22. The highest BCUT2D eigenvalue weighted by Crippen LogP contribution is 2.36. The van der Waals surface area contributed by atoms with Gasteiger partial charge in [-0.3, -0.25) is 4.79 Å². The summed E-state index contributed by atoms with van der Waals surface area (Å²) < 4.78 is 19.2.